The number of unbranched alkanes of at least 4 members (excludes halogenated alkanes) is 1. The maximum absolute atomic E-state index is 10.7. The molecule has 75 heavy (non-hydrogen) atoms. The zero-order chi connectivity index (χ0) is 60.5. The molecule has 20 nitrogen and oxygen atoms in total. The Kier molecular flexibility index (Phi) is 541. The first-order valence-corrected chi connectivity index (χ1v) is 24.4. The second kappa shape index (κ2) is 258. The Morgan fingerprint density at radius 3 is 0.733 bits per heavy atom. The number of nitrogens with zero attached hydrogens (tertiary/aromatic N) is 1. The number of nitrogens with two attached hydrogens (primary N) is 3. The van der Waals surface area contributed by atoms with Crippen LogP contribution in [0.3, 0.4) is 0 Å². The third-order valence-electron chi connectivity index (χ3n) is 7.44. The third kappa shape index (κ3) is 446. The zero-order valence-corrected chi connectivity index (χ0v) is 54.4. The van der Waals surface area contributed by atoms with Crippen molar-refractivity contribution in [3.63, 3.8) is 0 Å². The highest BCUT2D eigenvalue weighted by molar-refractivity contribution is 5.73. The van der Waals surface area contributed by atoms with Gasteiger partial charge in [-0.3, -0.25) is 4.79 Å². The smallest absolute Gasteiger partial charge is 0.219 e. The van der Waals surface area contributed by atoms with Crippen molar-refractivity contribution >= 4 is 67.0 Å². The summed E-state index contributed by atoms with van der Waals surface area (Å²) in [5.41, 5.74) is 14.1. The Bertz CT molecular complexity index is 634. The van der Waals surface area contributed by atoms with E-state index in [1.165, 1.54) is 104 Å². The highest BCUT2D eigenvalue weighted by atomic mass is 16.2. The highest BCUT2D eigenvalue weighted by Crippen LogP contribution is 2.25. The van der Waals surface area contributed by atoms with Gasteiger partial charge in [-0.1, -0.05) is 187 Å². The molecule has 0 spiro atoms. The van der Waals surface area contributed by atoms with Crippen LogP contribution in [-0.4, -0.2) is 106 Å². The van der Waals surface area contributed by atoms with Crippen molar-refractivity contribution in [2.45, 2.75) is 221 Å². The Morgan fingerprint density at radius 1 is 0.467 bits per heavy atom. The van der Waals surface area contributed by atoms with Gasteiger partial charge in [0.15, 0.2) is 0 Å². The van der Waals surface area contributed by atoms with E-state index in [0.717, 1.165) is 49.2 Å². The molecule has 1 aliphatic carbocycles. The van der Waals surface area contributed by atoms with Gasteiger partial charge in [-0.05, 0) is 89.8 Å². The topological polar surface area (TPSA) is 462 Å². The van der Waals surface area contributed by atoms with Crippen molar-refractivity contribution in [2.75, 3.05) is 33.7 Å². The molecule has 0 aromatic carbocycles. The van der Waals surface area contributed by atoms with Gasteiger partial charge < -0.3 is 102 Å². The lowest BCUT2D eigenvalue weighted by molar-refractivity contribution is -0.129. The zero-order valence-electron chi connectivity index (χ0n) is 54.4. The van der Waals surface area contributed by atoms with Gasteiger partial charge in [-0.2, -0.15) is 0 Å². The van der Waals surface area contributed by atoms with Crippen LogP contribution < -0.4 is 54.1 Å². The lowest BCUT2D eigenvalue weighted by Crippen LogP contribution is -2.33. The monoisotopic (exact) mass is 1110 g/mol. The van der Waals surface area contributed by atoms with E-state index >= 15 is 0 Å². The van der Waals surface area contributed by atoms with Crippen molar-refractivity contribution in [2.24, 2.45) is 46.8 Å². The first-order chi connectivity index (χ1) is 33.1. The molecule has 20 heteroatoms. The van der Waals surface area contributed by atoms with Gasteiger partial charge in [0.25, 0.3) is 0 Å². The van der Waals surface area contributed by atoms with Crippen LogP contribution in [0.5, 0.6) is 0 Å². The van der Waals surface area contributed by atoms with Crippen LogP contribution in [-0.2, 0) is 47.9 Å². The molecular formula is C55H146N10O10. The molecule has 0 radical (unpaired) electrons. The molecule has 0 atom stereocenters. The van der Waals surface area contributed by atoms with Gasteiger partial charge in [0.2, 0.25) is 5.91 Å². The molecule has 1 saturated heterocycles. The number of likely N-dealkylation sites (tertiary alicyclic amines) is 1. The lowest BCUT2D eigenvalue weighted by Gasteiger charge is -2.24. The number of allylic oxidation sites excluding steroid dienone is 2. The fraction of sp³-hybridized carbons (Fsp3) is 0.782. The average Bonchev–Trinajstić information content (AvgIpc) is 3.44. The normalized spacial score (nSPS) is 9.09. The van der Waals surface area contributed by atoms with Crippen LogP contribution in [0.1, 0.15) is 221 Å². The Hall–Kier alpha value is -4.12. The van der Waals surface area contributed by atoms with Crippen LogP contribution in [0.15, 0.2) is 12.2 Å². The molecule has 0 aromatic heterocycles. The summed E-state index contributed by atoms with van der Waals surface area (Å²) < 4.78 is 0. The van der Waals surface area contributed by atoms with Crippen molar-refractivity contribution in [1.82, 2.24) is 41.8 Å². The summed E-state index contributed by atoms with van der Waals surface area (Å²) in [6.45, 7) is 61.3. The number of hydrogen-bond acceptors (Lipinski definition) is 19. The minimum absolute atomic E-state index is 0. The summed E-state index contributed by atoms with van der Waals surface area (Å²) in [4.78, 5) is 84.6. The Labute approximate surface area is 469 Å². The van der Waals surface area contributed by atoms with Gasteiger partial charge in [-0.15, -0.1) is 0 Å². The largest absolute Gasteiger partial charge is 0.344 e. The number of hydrogen-bond donors (Lipinski definition) is 9. The third-order valence-corrected chi connectivity index (χ3v) is 7.44. The molecule has 0 unspecified atom stereocenters. The van der Waals surface area contributed by atoms with Crippen molar-refractivity contribution in [3.8, 4) is 0 Å². The summed E-state index contributed by atoms with van der Waals surface area (Å²) in [5.74, 6) is 4.80. The molecule has 1 saturated carbocycles. The molecule has 1 heterocycles. The van der Waals surface area contributed by atoms with E-state index in [9.17, 15) is 4.79 Å². The molecule has 476 valence electrons. The van der Waals surface area contributed by atoms with E-state index in [1.807, 2.05) is 106 Å². The maximum Gasteiger partial charge on any atom is 0.219 e. The minimum Gasteiger partial charge on any atom is -0.344 e. The second-order valence-corrected chi connectivity index (χ2v) is 14.4. The van der Waals surface area contributed by atoms with Crippen LogP contribution in [0.25, 0.3) is 0 Å². The average molecular weight is 1110 g/mol. The summed E-state index contributed by atoms with van der Waals surface area (Å²) in [6.07, 6.45) is 22.9. The number of carbonyl (C=O) groups is 10. The van der Waals surface area contributed by atoms with Gasteiger partial charge >= 0.3 is 0 Å². The van der Waals surface area contributed by atoms with E-state index in [4.69, 9.17) is 48.9 Å². The summed E-state index contributed by atoms with van der Waals surface area (Å²) in [5, 5.41) is 0. The Morgan fingerprint density at radius 2 is 0.653 bits per heavy atom. The van der Waals surface area contributed by atoms with Crippen molar-refractivity contribution < 1.29 is 47.9 Å². The lowest BCUT2D eigenvalue weighted by atomic mass is 9.88. The molecule has 2 aliphatic rings. The SMILES string of the molecule is C/C=C\C.C=O.C=O.C=O.C=O.C=O.C=O.C=O.C=O.C=O.CC.CC(=O)N1CCCCC1.CC(C)C.CCC(C)C.CCC(C)C.CCC(C)C.CCC1CCCCC1.CCCCN.CN.CN.N.N.N.N.N.N. The van der Waals surface area contributed by atoms with Crippen molar-refractivity contribution in [1.29, 1.82) is 0 Å². The standard InChI is InChI=1S/C8H16.C7H13NO.3C5H12.C4H11N.C4H10.C4H8.C2H6.2CH5N.9CH2O.6H3N/c1-2-8-6-4-3-5-7-8;1-7(9)8-5-3-2-4-6-8;3*1-4-5(2)3;1-2-3-4-5;1-4(2)3;1-3-4-2;12*1-2;;;;;;/h8H,2-7H2,1H3;2-6H2,1H3;3*5H,4H2,1-3H3;2-5H2,1H3;4H,1-3H3;3-4H,1-2H3;1-2H3;2*2H2,1H3;9*1H2;6*1H3/b;;;;;;;4-3-;;;;;;;;;;;;;;;;;;. The van der Waals surface area contributed by atoms with E-state index in [-0.39, 0.29) is 42.8 Å². The summed E-state index contributed by atoms with van der Waals surface area (Å²) in [7, 11) is 3.00. The predicted molar refractivity (Wildman–Crippen MR) is 339 cm³/mol. The maximum atomic E-state index is 10.7. The molecule has 1 aliphatic heterocycles. The summed E-state index contributed by atoms with van der Waals surface area (Å²) >= 11 is 0. The highest BCUT2D eigenvalue weighted by Gasteiger charge is 2.11. The summed E-state index contributed by atoms with van der Waals surface area (Å²) in [6, 6.07) is 0. The van der Waals surface area contributed by atoms with Crippen LogP contribution in [0, 0.1) is 29.6 Å². The van der Waals surface area contributed by atoms with E-state index in [2.05, 4.69) is 108 Å². The van der Waals surface area contributed by atoms with Gasteiger partial charge in [0, 0.05) is 20.0 Å². The Balaban J connectivity index is -0.0000000170. The number of piperidine rings is 1. The minimum atomic E-state index is 0. The molecule has 0 aromatic rings. The van der Waals surface area contributed by atoms with Gasteiger partial charge in [0.05, 0.1) is 0 Å². The first kappa shape index (κ1) is 157. The van der Waals surface area contributed by atoms with Crippen LogP contribution in [0.4, 0.5) is 0 Å². The molecular weight excluding hydrogens is 961 g/mol. The quantitative estimate of drug-likeness (QED) is 0.112. The van der Waals surface area contributed by atoms with Crippen LogP contribution in [0.2, 0.25) is 0 Å². The molecule has 1 amide bonds. The fourth-order valence-electron chi connectivity index (χ4n) is 3.01. The molecule has 2 rings (SSSR count). The molecule has 2 fully saturated rings. The number of amides is 1. The van der Waals surface area contributed by atoms with Crippen molar-refractivity contribution in [3.05, 3.63) is 12.2 Å². The second-order valence-electron chi connectivity index (χ2n) is 14.4. The van der Waals surface area contributed by atoms with Gasteiger partial charge in [0.1, 0.15) is 61.1 Å². The van der Waals surface area contributed by atoms with Gasteiger partial charge in [-0.25, -0.2) is 0 Å². The fourth-order valence-corrected chi connectivity index (χ4v) is 3.01. The molecule has 24 N–H and O–H groups in total. The van der Waals surface area contributed by atoms with E-state index in [0.29, 0.717) is 0 Å². The molecule has 0 bridgehead atoms. The first-order valence-electron chi connectivity index (χ1n) is 24.4. The van der Waals surface area contributed by atoms with E-state index < -0.39 is 0 Å². The predicted octanol–water partition coefficient (Wildman–Crippen LogP) is 13.6. The number of carbonyl (C=O) groups excluding carboxylic acids is 10. The van der Waals surface area contributed by atoms with E-state index in [1.54, 1.807) is 6.92 Å². The number of rotatable bonds is 6. The van der Waals surface area contributed by atoms with Crippen LogP contribution >= 0.6 is 0 Å².